The molecule has 1 unspecified atom stereocenters. The fraction of sp³-hybridized carbons (Fsp3) is 0.100. The second-order valence-electron chi connectivity index (χ2n) is 6.42. The molecule has 0 saturated carbocycles. The standard InChI is InChI=1S/C20H16BrN5O2/c21-14-5-1-12(2-6-14)18-11-17(13-3-7-15(8-4-13)26(27)28)23-16-9-10-19(22)25-20(16)24-18/h1-10,18H,11H2,(H3,22,24,25). The minimum atomic E-state index is -0.410. The minimum Gasteiger partial charge on any atom is -0.384 e. The fourth-order valence-electron chi connectivity index (χ4n) is 3.12. The lowest BCUT2D eigenvalue weighted by Crippen LogP contribution is -2.15. The third-order valence-electron chi connectivity index (χ3n) is 4.54. The van der Waals surface area contributed by atoms with E-state index in [9.17, 15) is 10.1 Å². The maximum absolute atomic E-state index is 10.9. The highest BCUT2D eigenvalue weighted by Gasteiger charge is 2.22. The van der Waals surface area contributed by atoms with Crippen molar-refractivity contribution in [1.82, 2.24) is 4.98 Å². The van der Waals surface area contributed by atoms with E-state index in [1.807, 2.05) is 30.3 Å². The third kappa shape index (κ3) is 3.72. The number of aromatic nitrogens is 1. The van der Waals surface area contributed by atoms with Crippen LogP contribution in [0, 0.1) is 10.1 Å². The molecule has 140 valence electrons. The molecule has 7 nitrogen and oxygen atoms in total. The zero-order valence-corrected chi connectivity index (χ0v) is 16.3. The van der Waals surface area contributed by atoms with Gasteiger partial charge in [0.25, 0.3) is 5.69 Å². The first-order valence-electron chi connectivity index (χ1n) is 8.60. The normalized spacial score (nSPS) is 15.8. The molecule has 1 aliphatic rings. The van der Waals surface area contributed by atoms with E-state index >= 15 is 0 Å². The van der Waals surface area contributed by atoms with Crippen LogP contribution in [0.5, 0.6) is 0 Å². The van der Waals surface area contributed by atoms with Crippen molar-refractivity contribution < 1.29 is 4.92 Å². The number of nitrogens with two attached hydrogens (primary N) is 1. The number of nitrogens with zero attached hydrogens (tertiary/aromatic N) is 3. The monoisotopic (exact) mass is 437 g/mol. The summed E-state index contributed by atoms with van der Waals surface area (Å²) in [4.78, 5) is 19.7. The number of anilines is 2. The van der Waals surface area contributed by atoms with Crippen molar-refractivity contribution in [2.45, 2.75) is 12.5 Å². The summed E-state index contributed by atoms with van der Waals surface area (Å²) >= 11 is 3.46. The summed E-state index contributed by atoms with van der Waals surface area (Å²) in [5.74, 6) is 1.03. The Kier molecular flexibility index (Phi) is 4.79. The number of fused-ring (bicyclic) bond motifs is 1. The quantitative estimate of drug-likeness (QED) is 0.442. The molecular weight excluding hydrogens is 422 g/mol. The zero-order chi connectivity index (χ0) is 19.7. The summed E-state index contributed by atoms with van der Waals surface area (Å²) < 4.78 is 0.997. The van der Waals surface area contributed by atoms with E-state index in [0.717, 1.165) is 21.3 Å². The van der Waals surface area contributed by atoms with Crippen molar-refractivity contribution in [1.29, 1.82) is 0 Å². The minimum absolute atomic E-state index is 0.0513. The molecule has 0 aliphatic carbocycles. The molecule has 0 saturated heterocycles. The van der Waals surface area contributed by atoms with Gasteiger partial charge in [-0.25, -0.2) is 9.98 Å². The zero-order valence-electron chi connectivity index (χ0n) is 14.7. The molecule has 0 radical (unpaired) electrons. The highest BCUT2D eigenvalue weighted by atomic mass is 79.9. The van der Waals surface area contributed by atoms with Crippen LogP contribution in [0.25, 0.3) is 0 Å². The Bertz CT molecular complexity index is 1060. The molecule has 2 aromatic carbocycles. The van der Waals surface area contributed by atoms with Gasteiger partial charge in [-0.15, -0.1) is 0 Å². The van der Waals surface area contributed by atoms with E-state index in [2.05, 4.69) is 26.2 Å². The summed E-state index contributed by atoms with van der Waals surface area (Å²) in [6.07, 6.45) is 0.593. The molecule has 4 rings (SSSR count). The van der Waals surface area contributed by atoms with Crippen LogP contribution in [0.1, 0.15) is 23.6 Å². The number of nitrogen functional groups attached to an aromatic ring is 1. The van der Waals surface area contributed by atoms with Gasteiger partial charge in [0.15, 0.2) is 5.82 Å². The van der Waals surface area contributed by atoms with Crippen molar-refractivity contribution >= 4 is 44.7 Å². The molecule has 0 amide bonds. The maximum atomic E-state index is 10.9. The Morgan fingerprint density at radius 3 is 2.46 bits per heavy atom. The molecular formula is C20H16BrN5O2. The van der Waals surface area contributed by atoms with Gasteiger partial charge in [-0.1, -0.05) is 28.1 Å². The molecule has 0 spiro atoms. The van der Waals surface area contributed by atoms with E-state index in [0.29, 0.717) is 23.7 Å². The lowest BCUT2D eigenvalue weighted by Gasteiger charge is -2.19. The van der Waals surface area contributed by atoms with E-state index in [1.165, 1.54) is 12.1 Å². The summed E-state index contributed by atoms with van der Waals surface area (Å²) in [5, 5.41) is 14.4. The van der Waals surface area contributed by atoms with E-state index in [-0.39, 0.29) is 11.7 Å². The van der Waals surface area contributed by atoms with E-state index in [1.54, 1.807) is 18.2 Å². The van der Waals surface area contributed by atoms with Crippen LogP contribution in [0.2, 0.25) is 0 Å². The van der Waals surface area contributed by atoms with Gasteiger partial charge in [0.05, 0.1) is 16.7 Å². The number of nitro groups is 1. The average Bonchev–Trinajstić information content (AvgIpc) is 2.88. The summed E-state index contributed by atoms with van der Waals surface area (Å²) in [5.41, 5.74) is 9.32. The predicted octanol–water partition coefficient (Wildman–Crippen LogP) is 5.01. The first-order chi connectivity index (χ1) is 13.5. The van der Waals surface area contributed by atoms with E-state index in [4.69, 9.17) is 10.7 Å². The van der Waals surface area contributed by atoms with Crippen molar-refractivity contribution in [3.05, 3.63) is 86.4 Å². The van der Waals surface area contributed by atoms with Crippen LogP contribution in [0.15, 0.2) is 70.1 Å². The molecule has 3 aromatic rings. The molecule has 2 heterocycles. The first kappa shape index (κ1) is 18.1. The number of rotatable bonds is 3. The Morgan fingerprint density at radius 2 is 1.79 bits per heavy atom. The smallest absolute Gasteiger partial charge is 0.269 e. The van der Waals surface area contributed by atoms with Crippen LogP contribution < -0.4 is 11.1 Å². The Labute approximate surface area is 169 Å². The van der Waals surface area contributed by atoms with Gasteiger partial charge in [0.1, 0.15) is 11.5 Å². The predicted molar refractivity (Wildman–Crippen MR) is 113 cm³/mol. The molecule has 1 atom stereocenters. The third-order valence-corrected chi connectivity index (χ3v) is 5.07. The molecule has 0 fully saturated rings. The van der Waals surface area contributed by atoms with E-state index < -0.39 is 4.92 Å². The number of hydrogen-bond acceptors (Lipinski definition) is 6. The number of nitrogens with one attached hydrogen (secondary N) is 1. The highest BCUT2D eigenvalue weighted by molar-refractivity contribution is 9.10. The Balaban J connectivity index is 1.78. The number of nitro benzene ring substituents is 1. The van der Waals surface area contributed by atoms with Crippen LogP contribution >= 0.6 is 15.9 Å². The van der Waals surface area contributed by atoms with Gasteiger partial charge in [-0.05, 0) is 47.5 Å². The number of non-ortho nitro benzene ring substituents is 1. The number of aliphatic imine (C=N–C) groups is 1. The Hall–Kier alpha value is -3.26. The van der Waals surface area contributed by atoms with Crippen LogP contribution in [0.3, 0.4) is 0 Å². The summed E-state index contributed by atoms with van der Waals surface area (Å²) in [6, 6.07) is 17.9. The van der Waals surface area contributed by atoms with Gasteiger partial charge >= 0.3 is 0 Å². The number of pyridine rings is 1. The molecule has 8 heteroatoms. The summed E-state index contributed by atoms with van der Waals surface area (Å²) in [6.45, 7) is 0. The van der Waals surface area contributed by atoms with Crippen LogP contribution in [0.4, 0.5) is 23.0 Å². The van der Waals surface area contributed by atoms with Gasteiger partial charge < -0.3 is 11.1 Å². The molecule has 1 aliphatic heterocycles. The van der Waals surface area contributed by atoms with Gasteiger partial charge in [-0.3, -0.25) is 10.1 Å². The molecule has 3 N–H and O–H groups in total. The molecule has 28 heavy (non-hydrogen) atoms. The van der Waals surface area contributed by atoms with Crippen molar-refractivity contribution in [3.63, 3.8) is 0 Å². The molecule has 0 bridgehead atoms. The maximum Gasteiger partial charge on any atom is 0.269 e. The van der Waals surface area contributed by atoms with Gasteiger partial charge in [0, 0.05) is 23.0 Å². The van der Waals surface area contributed by atoms with Crippen molar-refractivity contribution in [2.75, 3.05) is 11.1 Å². The SMILES string of the molecule is Nc1ccc2c(n1)NC(c1ccc(Br)cc1)CC(c1ccc([N+](=O)[O-])cc1)=N2. The average molecular weight is 438 g/mol. The lowest BCUT2D eigenvalue weighted by atomic mass is 9.97. The van der Waals surface area contributed by atoms with Crippen LogP contribution in [-0.4, -0.2) is 15.6 Å². The number of hydrogen-bond donors (Lipinski definition) is 2. The van der Waals surface area contributed by atoms with Crippen molar-refractivity contribution in [3.8, 4) is 0 Å². The first-order valence-corrected chi connectivity index (χ1v) is 9.40. The molecule has 1 aromatic heterocycles. The lowest BCUT2D eigenvalue weighted by molar-refractivity contribution is -0.384. The summed E-state index contributed by atoms with van der Waals surface area (Å²) in [7, 11) is 0. The second kappa shape index (κ2) is 7.40. The number of benzene rings is 2. The van der Waals surface area contributed by atoms with Crippen molar-refractivity contribution in [2.24, 2.45) is 4.99 Å². The topological polar surface area (TPSA) is 106 Å². The van der Waals surface area contributed by atoms with Gasteiger partial charge in [0.2, 0.25) is 0 Å². The Morgan fingerprint density at radius 1 is 1.07 bits per heavy atom. The largest absolute Gasteiger partial charge is 0.384 e. The number of halogens is 1. The highest BCUT2D eigenvalue weighted by Crippen LogP contribution is 2.35. The van der Waals surface area contributed by atoms with Crippen LogP contribution in [-0.2, 0) is 0 Å². The fourth-order valence-corrected chi connectivity index (χ4v) is 3.38. The van der Waals surface area contributed by atoms with Gasteiger partial charge in [-0.2, -0.15) is 0 Å². The second-order valence-corrected chi connectivity index (χ2v) is 7.33.